The Morgan fingerprint density at radius 1 is 1.33 bits per heavy atom. The lowest BCUT2D eigenvalue weighted by Crippen LogP contribution is -2.38. The maximum absolute atomic E-state index is 11.0. The number of aliphatic hydroxyl groups excluding tert-OH is 1. The first-order valence-electron chi connectivity index (χ1n) is 7.50. The number of benzene rings is 1. The van der Waals surface area contributed by atoms with Gasteiger partial charge in [-0.1, -0.05) is 31.4 Å². The average molecular weight is 293 g/mol. The van der Waals surface area contributed by atoms with E-state index in [2.05, 4.69) is 4.90 Å². The van der Waals surface area contributed by atoms with Gasteiger partial charge in [-0.2, -0.15) is 0 Å². The third kappa shape index (κ3) is 3.92. The van der Waals surface area contributed by atoms with Crippen LogP contribution in [0.25, 0.3) is 0 Å². The summed E-state index contributed by atoms with van der Waals surface area (Å²) in [5.74, 6) is 0. The van der Waals surface area contributed by atoms with Crippen LogP contribution in [0.1, 0.15) is 37.7 Å². The molecule has 0 radical (unpaired) electrons. The van der Waals surface area contributed by atoms with Crippen molar-refractivity contribution in [2.75, 3.05) is 18.9 Å². The minimum atomic E-state index is -0.449. The summed E-state index contributed by atoms with van der Waals surface area (Å²) in [7, 11) is 0. The largest absolute Gasteiger partial charge is 0.395 e. The van der Waals surface area contributed by atoms with Crippen LogP contribution in [0, 0.1) is 10.1 Å². The normalized spacial score (nSPS) is 16.3. The maximum Gasteiger partial charge on any atom is 0.292 e. The van der Waals surface area contributed by atoms with Gasteiger partial charge in [-0.05, 0) is 18.4 Å². The van der Waals surface area contributed by atoms with Crippen LogP contribution in [0.5, 0.6) is 0 Å². The number of aliphatic hydroxyl groups is 1. The molecule has 0 aromatic heterocycles. The summed E-state index contributed by atoms with van der Waals surface area (Å²) < 4.78 is 0. The van der Waals surface area contributed by atoms with Crippen molar-refractivity contribution in [2.24, 2.45) is 0 Å². The van der Waals surface area contributed by atoms with Crippen LogP contribution in [-0.4, -0.2) is 34.1 Å². The quantitative estimate of drug-likeness (QED) is 0.477. The van der Waals surface area contributed by atoms with E-state index in [1.165, 1.54) is 25.3 Å². The Bertz CT molecular complexity index is 487. The maximum atomic E-state index is 11.0. The Morgan fingerprint density at radius 2 is 2.05 bits per heavy atom. The number of hydrogen-bond acceptors (Lipinski definition) is 5. The molecule has 0 unspecified atom stereocenters. The van der Waals surface area contributed by atoms with E-state index in [1.807, 2.05) is 6.07 Å². The van der Waals surface area contributed by atoms with Crippen molar-refractivity contribution in [2.45, 2.75) is 44.7 Å². The standard InChI is InChI=1S/C15H23N3O3/c16-15-12(5-4-8-14(15)18(20)21)11-17(9-10-19)13-6-2-1-3-7-13/h4-5,8,13,19H,1-3,6-7,9-11,16H2. The van der Waals surface area contributed by atoms with E-state index in [-0.39, 0.29) is 18.0 Å². The predicted octanol–water partition coefficient (Wildman–Crippen LogP) is 2.30. The molecule has 0 bridgehead atoms. The van der Waals surface area contributed by atoms with E-state index in [4.69, 9.17) is 5.73 Å². The smallest absolute Gasteiger partial charge is 0.292 e. The van der Waals surface area contributed by atoms with Crippen molar-refractivity contribution < 1.29 is 10.0 Å². The van der Waals surface area contributed by atoms with E-state index in [0.29, 0.717) is 19.1 Å². The fraction of sp³-hybridized carbons (Fsp3) is 0.600. The summed E-state index contributed by atoms with van der Waals surface area (Å²) in [6, 6.07) is 5.36. The van der Waals surface area contributed by atoms with E-state index in [0.717, 1.165) is 18.4 Å². The highest BCUT2D eigenvalue weighted by atomic mass is 16.6. The molecule has 1 aliphatic carbocycles. The topological polar surface area (TPSA) is 92.6 Å². The molecule has 6 nitrogen and oxygen atoms in total. The third-order valence-electron chi connectivity index (χ3n) is 4.22. The number of nitro groups is 1. The minimum absolute atomic E-state index is 0.0416. The van der Waals surface area contributed by atoms with Gasteiger partial charge in [0.05, 0.1) is 11.5 Å². The lowest BCUT2D eigenvalue weighted by molar-refractivity contribution is -0.384. The summed E-state index contributed by atoms with van der Waals surface area (Å²) in [5.41, 5.74) is 6.89. The molecule has 0 saturated heterocycles. The molecule has 0 amide bonds. The van der Waals surface area contributed by atoms with Crippen molar-refractivity contribution in [1.29, 1.82) is 0 Å². The molecule has 1 aliphatic rings. The molecule has 3 N–H and O–H groups in total. The van der Waals surface area contributed by atoms with Gasteiger partial charge in [0.15, 0.2) is 0 Å². The zero-order valence-corrected chi connectivity index (χ0v) is 12.2. The Morgan fingerprint density at radius 3 is 2.67 bits per heavy atom. The molecule has 0 aliphatic heterocycles. The summed E-state index contributed by atoms with van der Waals surface area (Å²) in [5, 5.41) is 20.2. The zero-order valence-electron chi connectivity index (χ0n) is 12.2. The molecule has 1 aromatic carbocycles. The fourth-order valence-corrected chi connectivity index (χ4v) is 3.08. The monoisotopic (exact) mass is 293 g/mol. The van der Waals surface area contributed by atoms with Gasteiger partial charge in [0.2, 0.25) is 0 Å². The second kappa shape index (κ2) is 7.38. The Kier molecular flexibility index (Phi) is 5.52. The highest BCUT2D eigenvalue weighted by molar-refractivity contribution is 5.62. The van der Waals surface area contributed by atoms with Crippen molar-refractivity contribution in [3.8, 4) is 0 Å². The molecule has 0 spiro atoms. The molecule has 1 saturated carbocycles. The first-order chi connectivity index (χ1) is 10.1. The SMILES string of the molecule is Nc1c(CN(CCO)C2CCCCC2)cccc1[N+](=O)[O-]. The molecule has 0 atom stereocenters. The molecular formula is C15H23N3O3. The van der Waals surface area contributed by atoms with Crippen LogP contribution in [0.4, 0.5) is 11.4 Å². The molecule has 1 fully saturated rings. The van der Waals surface area contributed by atoms with Gasteiger partial charge >= 0.3 is 0 Å². The molecule has 116 valence electrons. The fourth-order valence-electron chi connectivity index (χ4n) is 3.08. The van der Waals surface area contributed by atoms with Crippen molar-refractivity contribution >= 4 is 11.4 Å². The van der Waals surface area contributed by atoms with Crippen LogP contribution in [0.2, 0.25) is 0 Å². The zero-order chi connectivity index (χ0) is 15.2. The highest BCUT2D eigenvalue weighted by Crippen LogP contribution is 2.28. The van der Waals surface area contributed by atoms with Crippen molar-refractivity contribution in [3.05, 3.63) is 33.9 Å². The van der Waals surface area contributed by atoms with Gasteiger partial charge in [0, 0.05) is 25.2 Å². The van der Waals surface area contributed by atoms with Crippen LogP contribution in [0.15, 0.2) is 18.2 Å². The van der Waals surface area contributed by atoms with E-state index >= 15 is 0 Å². The summed E-state index contributed by atoms with van der Waals surface area (Å²) in [6.45, 7) is 1.22. The van der Waals surface area contributed by atoms with E-state index < -0.39 is 4.92 Å². The molecule has 21 heavy (non-hydrogen) atoms. The number of nitrogens with zero attached hydrogens (tertiary/aromatic N) is 2. The van der Waals surface area contributed by atoms with Gasteiger partial charge in [0.1, 0.15) is 5.69 Å². The number of nitrogens with two attached hydrogens (primary N) is 1. The summed E-state index contributed by atoms with van der Waals surface area (Å²) >= 11 is 0. The minimum Gasteiger partial charge on any atom is -0.395 e. The Balaban J connectivity index is 2.16. The number of para-hydroxylation sites is 1. The number of hydrogen-bond donors (Lipinski definition) is 2. The van der Waals surface area contributed by atoms with E-state index in [9.17, 15) is 15.2 Å². The first kappa shape index (κ1) is 15.7. The van der Waals surface area contributed by atoms with Crippen molar-refractivity contribution in [3.63, 3.8) is 0 Å². The van der Waals surface area contributed by atoms with Gasteiger partial charge in [-0.3, -0.25) is 15.0 Å². The molecule has 6 heteroatoms. The van der Waals surface area contributed by atoms with Gasteiger partial charge in [-0.15, -0.1) is 0 Å². The van der Waals surface area contributed by atoms with E-state index in [1.54, 1.807) is 6.07 Å². The van der Waals surface area contributed by atoms with Crippen LogP contribution in [-0.2, 0) is 6.54 Å². The number of nitrogen functional groups attached to an aromatic ring is 1. The Labute approximate surface area is 124 Å². The summed E-state index contributed by atoms with van der Waals surface area (Å²) in [6.07, 6.45) is 5.92. The number of anilines is 1. The van der Waals surface area contributed by atoms with Crippen LogP contribution < -0.4 is 5.73 Å². The van der Waals surface area contributed by atoms with Crippen molar-refractivity contribution in [1.82, 2.24) is 4.90 Å². The lowest BCUT2D eigenvalue weighted by atomic mass is 9.93. The van der Waals surface area contributed by atoms with Gasteiger partial charge in [-0.25, -0.2) is 0 Å². The average Bonchev–Trinajstić information content (AvgIpc) is 2.49. The number of nitro benzene ring substituents is 1. The Hall–Kier alpha value is -1.66. The molecule has 1 aromatic rings. The highest BCUT2D eigenvalue weighted by Gasteiger charge is 2.23. The molecule has 2 rings (SSSR count). The summed E-state index contributed by atoms with van der Waals surface area (Å²) in [4.78, 5) is 12.7. The van der Waals surface area contributed by atoms with Gasteiger partial charge in [0.25, 0.3) is 5.69 Å². The predicted molar refractivity (Wildman–Crippen MR) is 81.9 cm³/mol. The molecular weight excluding hydrogens is 270 g/mol. The molecule has 0 heterocycles. The second-order valence-electron chi connectivity index (χ2n) is 5.59. The van der Waals surface area contributed by atoms with Crippen LogP contribution in [0.3, 0.4) is 0 Å². The van der Waals surface area contributed by atoms with Crippen LogP contribution >= 0.6 is 0 Å². The second-order valence-corrected chi connectivity index (χ2v) is 5.59. The lowest BCUT2D eigenvalue weighted by Gasteiger charge is -2.34. The third-order valence-corrected chi connectivity index (χ3v) is 4.22. The first-order valence-corrected chi connectivity index (χ1v) is 7.50. The van der Waals surface area contributed by atoms with Gasteiger partial charge < -0.3 is 10.8 Å². The number of rotatable bonds is 6.